The zero-order chi connectivity index (χ0) is 16.5. The van der Waals surface area contributed by atoms with Gasteiger partial charge in [0, 0.05) is 24.8 Å². The predicted octanol–water partition coefficient (Wildman–Crippen LogP) is 2.85. The molecule has 3 heterocycles. The van der Waals surface area contributed by atoms with Gasteiger partial charge in [0.1, 0.15) is 0 Å². The van der Waals surface area contributed by atoms with Crippen LogP contribution in [0.15, 0.2) is 40.9 Å². The minimum Gasteiger partial charge on any atom is -0.469 e. The Morgan fingerprint density at radius 2 is 2.25 bits per heavy atom. The number of aliphatic imine (C=N–C) groups is 1. The number of methoxy groups -OCH3 is 1. The molecule has 4 heteroatoms. The van der Waals surface area contributed by atoms with Crippen LogP contribution in [0.5, 0.6) is 0 Å². The van der Waals surface area contributed by atoms with Crippen molar-refractivity contribution in [3.8, 4) is 0 Å². The maximum atomic E-state index is 12.9. The quantitative estimate of drug-likeness (QED) is 0.590. The topological polar surface area (TPSA) is 41.9 Å². The first-order valence-electron chi connectivity index (χ1n) is 8.86. The van der Waals surface area contributed by atoms with Gasteiger partial charge in [-0.1, -0.05) is 29.8 Å². The van der Waals surface area contributed by atoms with E-state index in [-0.39, 0.29) is 23.2 Å². The van der Waals surface area contributed by atoms with Crippen LogP contribution in [0.2, 0.25) is 0 Å². The van der Waals surface area contributed by atoms with E-state index in [4.69, 9.17) is 9.73 Å². The molecule has 2 saturated heterocycles. The van der Waals surface area contributed by atoms with Crippen molar-refractivity contribution >= 4 is 17.4 Å². The van der Waals surface area contributed by atoms with Crippen LogP contribution in [0.4, 0.5) is 5.69 Å². The molecule has 0 aromatic heterocycles. The summed E-state index contributed by atoms with van der Waals surface area (Å²) in [6.45, 7) is 4.09. The third-order valence-electron chi connectivity index (χ3n) is 6.73. The number of carbonyl (C=O) groups excluding carboxylic acids is 1. The van der Waals surface area contributed by atoms with Gasteiger partial charge < -0.3 is 4.74 Å². The number of ether oxygens (including phenoxy) is 1. The van der Waals surface area contributed by atoms with Gasteiger partial charge in [0.2, 0.25) is 0 Å². The number of nitrogens with zero attached hydrogens (tertiary/aromatic N) is 2. The van der Waals surface area contributed by atoms with Gasteiger partial charge in [-0.2, -0.15) is 0 Å². The van der Waals surface area contributed by atoms with Crippen molar-refractivity contribution in [1.82, 2.24) is 4.90 Å². The fourth-order valence-electron chi connectivity index (χ4n) is 5.77. The fourth-order valence-corrected chi connectivity index (χ4v) is 5.77. The first kappa shape index (κ1) is 14.4. The Morgan fingerprint density at radius 1 is 1.42 bits per heavy atom. The second kappa shape index (κ2) is 4.79. The number of carbonyl (C=O) groups is 1. The highest BCUT2D eigenvalue weighted by Gasteiger charge is 2.65. The van der Waals surface area contributed by atoms with E-state index < -0.39 is 0 Å². The minimum absolute atomic E-state index is 0.0717. The third-order valence-corrected chi connectivity index (χ3v) is 6.73. The van der Waals surface area contributed by atoms with Gasteiger partial charge >= 0.3 is 5.97 Å². The van der Waals surface area contributed by atoms with E-state index >= 15 is 0 Å². The first-order chi connectivity index (χ1) is 11.7. The van der Waals surface area contributed by atoms with Crippen LogP contribution in [0.25, 0.3) is 0 Å². The molecule has 0 amide bonds. The molecule has 0 radical (unpaired) electrons. The number of fused-ring (bicyclic) bond motifs is 2. The number of hydrogen-bond donors (Lipinski definition) is 0. The lowest BCUT2D eigenvalue weighted by Crippen LogP contribution is -2.68. The van der Waals surface area contributed by atoms with Gasteiger partial charge in [-0.05, 0) is 37.3 Å². The molecule has 124 valence electrons. The van der Waals surface area contributed by atoms with Gasteiger partial charge in [0.25, 0.3) is 0 Å². The maximum absolute atomic E-state index is 12.9. The standard InChI is InChI=1S/C20H22N2O2/c1-3-12-11-22-9-8-20-14-6-4-5-7-15(14)21-18(20)16(22)10-13(12)17(20)19(23)24-2/h3-7,13,16-17H,8-11H2,1-2H3/b12-3-/t13-,16-,17-,20?/m0/s1. The second-order valence-electron chi connectivity index (χ2n) is 7.43. The summed E-state index contributed by atoms with van der Waals surface area (Å²) in [5, 5.41) is 0. The maximum Gasteiger partial charge on any atom is 0.310 e. The number of benzene rings is 1. The van der Waals surface area contributed by atoms with Crippen molar-refractivity contribution in [2.45, 2.75) is 31.2 Å². The van der Waals surface area contributed by atoms with Crippen molar-refractivity contribution in [3.63, 3.8) is 0 Å². The molecule has 1 aliphatic carbocycles. The summed E-state index contributed by atoms with van der Waals surface area (Å²) >= 11 is 0. The molecule has 4 aliphatic rings. The van der Waals surface area contributed by atoms with Crippen LogP contribution in [-0.2, 0) is 14.9 Å². The van der Waals surface area contributed by atoms with Gasteiger partial charge in [0.15, 0.2) is 0 Å². The zero-order valence-electron chi connectivity index (χ0n) is 14.2. The average molecular weight is 322 g/mol. The lowest BCUT2D eigenvalue weighted by atomic mass is 9.51. The molecule has 3 aliphatic heterocycles. The average Bonchev–Trinajstić information content (AvgIpc) is 2.96. The van der Waals surface area contributed by atoms with E-state index in [0.717, 1.165) is 31.6 Å². The summed E-state index contributed by atoms with van der Waals surface area (Å²) in [6, 6.07) is 8.76. The summed E-state index contributed by atoms with van der Waals surface area (Å²) in [5.41, 5.74) is 4.64. The van der Waals surface area contributed by atoms with E-state index in [1.165, 1.54) is 24.0 Å². The molecule has 1 aromatic rings. The predicted molar refractivity (Wildman–Crippen MR) is 92.6 cm³/mol. The van der Waals surface area contributed by atoms with Crippen molar-refractivity contribution < 1.29 is 9.53 Å². The number of allylic oxidation sites excluding steroid dienone is 1. The Labute approximate surface area is 142 Å². The van der Waals surface area contributed by atoms with Crippen molar-refractivity contribution in [1.29, 1.82) is 0 Å². The van der Waals surface area contributed by atoms with E-state index in [0.29, 0.717) is 6.04 Å². The Balaban J connectivity index is 1.79. The molecule has 0 N–H and O–H groups in total. The molecule has 4 atom stereocenters. The van der Waals surface area contributed by atoms with Crippen LogP contribution in [-0.4, -0.2) is 42.8 Å². The molecule has 1 saturated carbocycles. The van der Waals surface area contributed by atoms with E-state index in [2.05, 4.69) is 36.1 Å². The SMILES string of the molecule is C/C=C1/CN2CCC34C(=Nc5ccccc53)[C@@H]2C[C@@H]1[C@H]4C(=O)OC. The summed E-state index contributed by atoms with van der Waals surface area (Å²) in [4.78, 5) is 20.5. The molecule has 1 unspecified atom stereocenters. The fraction of sp³-hybridized carbons (Fsp3) is 0.500. The highest BCUT2D eigenvalue weighted by Crippen LogP contribution is 2.60. The van der Waals surface area contributed by atoms with Crippen LogP contribution < -0.4 is 0 Å². The highest BCUT2D eigenvalue weighted by molar-refractivity contribution is 6.09. The highest BCUT2D eigenvalue weighted by atomic mass is 16.5. The monoisotopic (exact) mass is 322 g/mol. The lowest BCUT2D eigenvalue weighted by Gasteiger charge is -2.59. The Morgan fingerprint density at radius 3 is 3.04 bits per heavy atom. The van der Waals surface area contributed by atoms with Gasteiger partial charge in [0.05, 0.1) is 24.1 Å². The molecule has 0 spiro atoms. The van der Waals surface area contributed by atoms with Crippen LogP contribution in [0.1, 0.15) is 25.3 Å². The van der Waals surface area contributed by atoms with Gasteiger partial charge in [-0.25, -0.2) is 0 Å². The van der Waals surface area contributed by atoms with Gasteiger partial charge in [-0.3, -0.25) is 14.7 Å². The number of piperidine rings is 2. The van der Waals surface area contributed by atoms with E-state index in [9.17, 15) is 4.79 Å². The largest absolute Gasteiger partial charge is 0.469 e. The molecule has 1 aromatic carbocycles. The number of esters is 1. The normalized spacial score (nSPS) is 37.8. The molecule has 24 heavy (non-hydrogen) atoms. The van der Waals surface area contributed by atoms with E-state index in [1.54, 1.807) is 0 Å². The number of hydrogen-bond acceptors (Lipinski definition) is 4. The first-order valence-corrected chi connectivity index (χ1v) is 8.86. The van der Waals surface area contributed by atoms with Crippen LogP contribution in [0.3, 0.4) is 0 Å². The van der Waals surface area contributed by atoms with Crippen molar-refractivity contribution in [3.05, 3.63) is 41.5 Å². The molecule has 3 fully saturated rings. The Bertz CT molecular complexity index is 797. The number of rotatable bonds is 1. The minimum atomic E-state index is -0.261. The lowest BCUT2D eigenvalue weighted by molar-refractivity contribution is -0.151. The van der Waals surface area contributed by atoms with Crippen LogP contribution >= 0.6 is 0 Å². The van der Waals surface area contributed by atoms with Gasteiger partial charge in [-0.15, -0.1) is 0 Å². The summed E-state index contributed by atoms with van der Waals surface area (Å²) in [6.07, 6.45) is 4.17. The Hall–Kier alpha value is -1.94. The molecular formula is C20H22N2O2. The third kappa shape index (κ3) is 1.53. The molecule has 3 bridgehead atoms. The number of para-hydroxylation sites is 1. The molecule has 4 nitrogen and oxygen atoms in total. The summed E-state index contributed by atoms with van der Waals surface area (Å²) in [5.74, 6) is 0.0569. The molecular weight excluding hydrogens is 300 g/mol. The smallest absolute Gasteiger partial charge is 0.310 e. The van der Waals surface area contributed by atoms with Crippen LogP contribution in [0, 0.1) is 11.8 Å². The second-order valence-corrected chi connectivity index (χ2v) is 7.43. The summed E-state index contributed by atoms with van der Waals surface area (Å²) in [7, 11) is 1.52. The van der Waals surface area contributed by atoms with Crippen molar-refractivity contribution in [2.75, 3.05) is 20.2 Å². The zero-order valence-corrected chi connectivity index (χ0v) is 14.2. The van der Waals surface area contributed by atoms with Crippen molar-refractivity contribution in [2.24, 2.45) is 16.8 Å². The molecule has 5 rings (SSSR count). The Kier molecular flexibility index (Phi) is 2.88. The van der Waals surface area contributed by atoms with E-state index in [1.807, 2.05) is 6.07 Å². The summed E-state index contributed by atoms with van der Waals surface area (Å²) < 4.78 is 5.31.